The maximum absolute atomic E-state index is 6.57. The van der Waals surface area contributed by atoms with Crippen molar-refractivity contribution in [3.8, 4) is 34.2 Å². The van der Waals surface area contributed by atoms with Crippen LogP contribution in [0.2, 0.25) is 5.02 Å². The van der Waals surface area contributed by atoms with Gasteiger partial charge in [-0.25, -0.2) is 15.0 Å². The lowest BCUT2D eigenvalue weighted by Gasteiger charge is -2.11. The molecule has 0 aliphatic heterocycles. The number of benzene rings is 6. The molecule has 8 aromatic rings. The van der Waals surface area contributed by atoms with Gasteiger partial charge in [0, 0.05) is 37.9 Å². The molecular weight excluding hydrogens is 514 g/mol. The zero-order valence-electron chi connectivity index (χ0n) is 21.2. The summed E-state index contributed by atoms with van der Waals surface area (Å²) >= 11 is 6.57. The van der Waals surface area contributed by atoms with Crippen molar-refractivity contribution in [2.75, 3.05) is 0 Å². The van der Waals surface area contributed by atoms with E-state index in [9.17, 15) is 0 Å². The first-order valence-electron chi connectivity index (χ1n) is 13.1. The van der Waals surface area contributed by atoms with Crippen LogP contribution in [0.5, 0.6) is 0 Å². The zero-order valence-corrected chi connectivity index (χ0v) is 21.9. The predicted molar refractivity (Wildman–Crippen MR) is 163 cm³/mol. The molecule has 0 N–H and O–H groups in total. The van der Waals surface area contributed by atoms with Gasteiger partial charge in [-0.2, -0.15) is 0 Å². The van der Waals surface area contributed by atoms with Gasteiger partial charge < -0.3 is 4.42 Å². The zero-order chi connectivity index (χ0) is 26.6. The molecule has 0 amide bonds. The summed E-state index contributed by atoms with van der Waals surface area (Å²) in [4.78, 5) is 15.1. The standard InChI is InChI=1S/C35H20ClN3O/c36-29-15-6-11-24-25(29)12-5-13-26(24)34-37-33(23-19-18-21-8-1-2-9-22(21)20-23)38-35(39-34)28-14-7-17-31-32(28)27-10-3-4-16-30(27)40-31/h1-20H. The molecule has 5 heteroatoms. The van der Waals surface area contributed by atoms with E-state index < -0.39 is 0 Å². The monoisotopic (exact) mass is 533 g/mol. The summed E-state index contributed by atoms with van der Waals surface area (Å²) in [6, 6.07) is 40.6. The first-order chi connectivity index (χ1) is 19.7. The predicted octanol–water partition coefficient (Wildman–Crippen LogP) is 9.73. The third kappa shape index (κ3) is 3.65. The van der Waals surface area contributed by atoms with Crippen LogP contribution in [0.25, 0.3) is 77.6 Å². The highest BCUT2D eigenvalue weighted by Gasteiger charge is 2.18. The lowest BCUT2D eigenvalue weighted by molar-refractivity contribution is 0.669. The number of rotatable bonds is 3. The quantitative estimate of drug-likeness (QED) is 0.227. The molecule has 6 aromatic carbocycles. The van der Waals surface area contributed by atoms with Crippen molar-refractivity contribution in [3.05, 3.63) is 126 Å². The van der Waals surface area contributed by atoms with Gasteiger partial charge in [0.1, 0.15) is 11.2 Å². The smallest absolute Gasteiger partial charge is 0.164 e. The van der Waals surface area contributed by atoms with E-state index in [2.05, 4.69) is 42.5 Å². The number of nitrogens with zero attached hydrogens (tertiary/aromatic N) is 3. The van der Waals surface area contributed by atoms with Crippen LogP contribution in [-0.4, -0.2) is 15.0 Å². The van der Waals surface area contributed by atoms with Crippen molar-refractivity contribution in [2.45, 2.75) is 0 Å². The Kier molecular flexibility index (Phi) is 5.15. The molecule has 2 aromatic heterocycles. The highest BCUT2D eigenvalue weighted by molar-refractivity contribution is 6.35. The van der Waals surface area contributed by atoms with Crippen LogP contribution in [0.15, 0.2) is 126 Å². The fraction of sp³-hybridized carbons (Fsp3) is 0. The fourth-order valence-corrected chi connectivity index (χ4v) is 5.74. The first kappa shape index (κ1) is 22.9. The molecule has 2 heterocycles. The van der Waals surface area contributed by atoms with Crippen molar-refractivity contribution < 1.29 is 4.42 Å². The van der Waals surface area contributed by atoms with E-state index in [1.165, 1.54) is 5.39 Å². The second-order valence-electron chi connectivity index (χ2n) is 9.79. The van der Waals surface area contributed by atoms with Gasteiger partial charge in [-0.1, -0.05) is 109 Å². The van der Waals surface area contributed by atoms with Crippen LogP contribution in [0.4, 0.5) is 0 Å². The van der Waals surface area contributed by atoms with Crippen LogP contribution < -0.4 is 0 Å². The molecule has 0 saturated carbocycles. The van der Waals surface area contributed by atoms with Gasteiger partial charge in [0.25, 0.3) is 0 Å². The van der Waals surface area contributed by atoms with Crippen molar-refractivity contribution in [1.82, 2.24) is 15.0 Å². The third-order valence-electron chi connectivity index (χ3n) is 7.40. The number of aromatic nitrogens is 3. The van der Waals surface area contributed by atoms with E-state index in [0.717, 1.165) is 54.8 Å². The number of fused-ring (bicyclic) bond motifs is 5. The molecule has 8 rings (SSSR count). The molecule has 0 bridgehead atoms. The normalized spacial score (nSPS) is 11.6. The summed E-state index contributed by atoms with van der Waals surface area (Å²) in [5.41, 5.74) is 4.34. The fourth-order valence-electron chi connectivity index (χ4n) is 5.50. The third-order valence-corrected chi connectivity index (χ3v) is 7.73. The molecule has 0 aliphatic carbocycles. The van der Waals surface area contributed by atoms with Crippen LogP contribution >= 0.6 is 11.6 Å². The molecular formula is C35H20ClN3O. The largest absolute Gasteiger partial charge is 0.456 e. The SMILES string of the molecule is Clc1cccc2c(-c3nc(-c4ccc5ccccc5c4)nc(-c4cccc5oc6ccccc6c45)n3)cccc12. The van der Waals surface area contributed by atoms with Crippen molar-refractivity contribution in [2.24, 2.45) is 0 Å². The van der Waals surface area contributed by atoms with Gasteiger partial charge >= 0.3 is 0 Å². The lowest BCUT2D eigenvalue weighted by Crippen LogP contribution is -2.01. The Hall–Kier alpha value is -5.06. The Morgan fingerprint density at radius 3 is 2.05 bits per heavy atom. The van der Waals surface area contributed by atoms with Crippen LogP contribution in [-0.2, 0) is 0 Å². The molecule has 0 saturated heterocycles. The molecule has 0 radical (unpaired) electrons. The summed E-state index contributed by atoms with van der Waals surface area (Å²) in [6.45, 7) is 0. The highest BCUT2D eigenvalue weighted by atomic mass is 35.5. The average molecular weight is 534 g/mol. The van der Waals surface area contributed by atoms with Crippen molar-refractivity contribution >= 4 is 55.1 Å². The molecule has 0 aliphatic rings. The maximum atomic E-state index is 6.57. The number of furan rings is 1. The van der Waals surface area contributed by atoms with Gasteiger partial charge in [0.05, 0.1) is 0 Å². The summed E-state index contributed by atoms with van der Waals surface area (Å²) in [7, 11) is 0. The topological polar surface area (TPSA) is 51.8 Å². The molecule has 0 unspecified atom stereocenters. The highest BCUT2D eigenvalue weighted by Crippen LogP contribution is 2.37. The van der Waals surface area contributed by atoms with Gasteiger partial charge in [0.2, 0.25) is 0 Å². The van der Waals surface area contributed by atoms with Crippen LogP contribution in [0.3, 0.4) is 0 Å². The molecule has 188 valence electrons. The number of hydrogen-bond donors (Lipinski definition) is 0. The van der Waals surface area contributed by atoms with E-state index >= 15 is 0 Å². The molecule has 0 spiro atoms. The minimum absolute atomic E-state index is 0.587. The van der Waals surface area contributed by atoms with Crippen LogP contribution in [0, 0.1) is 0 Å². The lowest BCUT2D eigenvalue weighted by atomic mass is 10.0. The second kappa shape index (κ2) is 9.01. The number of hydrogen-bond acceptors (Lipinski definition) is 4. The van der Waals surface area contributed by atoms with E-state index in [0.29, 0.717) is 22.5 Å². The number of halogens is 1. The first-order valence-corrected chi connectivity index (χ1v) is 13.4. The van der Waals surface area contributed by atoms with E-state index in [1.807, 2.05) is 78.9 Å². The summed E-state index contributed by atoms with van der Waals surface area (Å²) < 4.78 is 6.18. The Labute approximate surface area is 234 Å². The summed E-state index contributed by atoms with van der Waals surface area (Å²) in [6.07, 6.45) is 0. The van der Waals surface area contributed by atoms with E-state index in [1.54, 1.807) is 0 Å². The van der Waals surface area contributed by atoms with Crippen LogP contribution in [0.1, 0.15) is 0 Å². The Balaban J connectivity index is 1.44. The van der Waals surface area contributed by atoms with Gasteiger partial charge in [-0.15, -0.1) is 0 Å². The van der Waals surface area contributed by atoms with E-state index in [-0.39, 0.29) is 0 Å². The summed E-state index contributed by atoms with van der Waals surface area (Å²) in [5.74, 6) is 1.78. The van der Waals surface area contributed by atoms with E-state index in [4.69, 9.17) is 31.0 Å². The Morgan fingerprint density at radius 2 is 1.12 bits per heavy atom. The van der Waals surface area contributed by atoms with Gasteiger partial charge in [0.15, 0.2) is 17.5 Å². The Bertz CT molecular complexity index is 2250. The van der Waals surface area contributed by atoms with Gasteiger partial charge in [-0.05, 0) is 40.4 Å². The Morgan fingerprint density at radius 1 is 0.475 bits per heavy atom. The minimum Gasteiger partial charge on any atom is -0.456 e. The molecule has 0 atom stereocenters. The molecule has 0 fully saturated rings. The molecule has 40 heavy (non-hydrogen) atoms. The minimum atomic E-state index is 0.587. The summed E-state index contributed by atoms with van der Waals surface area (Å²) in [5, 5.41) is 6.95. The van der Waals surface area contributed by atoms with Crippen molar-refractivity contribution in [1.29, 1.82) is 0 Å². The molecule has 4 nitrogen and oxygen atoms in total. The van der Waals surface area contributed by atoms with Crippen molar-refractivity contribution in [3.63, 3.8) is 0 Å². The van der Waals surface area contributed by atoms with Gasteiger partial charge in [-0.3, -0.25) is 0 Å². The maximum Gasteiger partial charge on any atom is 0.164 e. The average Bonchev–Trinajstić information content (AvgIpc) is 3.39. The second-order valence-corrected chi connectivity index (χ2v) is 10.2. The number of para-hydroxylation sites is 1.